The van der Waals surface area contributed by atoms with Crippen LogP contribution >= 0.6 is 0 Å². The Kier molecular flexibility index (Phi) is 2.41. The minimum Gasteiger partial charge on any atom is -0.511 e. The second-order valence-electron chi connectivity index (χ2n) is 3.55. The van der Waals surface area contributed by atoms with E-state index in [9.17, 15) is 9.90 Å². The van der Waals surface area contributed by atoms with E-state index in [1.807, 2.05) is 0 Å². The molecule has 2 N–H and O–H groups in total. The molecule has 4 heteroatoms. The summed E-state index contributed by atoms with van der Waals surface area (Å²) in [5, 5.41) is 16.6. The molecule has 0 radical (unpaired) electrons. The van der Waals surface area contributed by atoms with Gasteiger partial charge in [0.2, 0.25) is 0 Å². The zero-order chi connectivity index (χ0) is 10.8. The summed E-state index contributed by atoms with van der Waals surface area (Å²) in [6.45, 7) is 0. The predicted octanol–water partition coefficient (Wildman–Crippen LogP) is 2.19. The van der Waals surface area contributed by atoms with E-state index in [2.05, 4.69) is 0 Å². The summed E-state index contributed by atoms with van der Waals surface area (Å²) in [4.78, 5) is 11.5. The third-order valence-electron chi connectivity index (χ3n) is 2.57. The highest BCUT2D eigenvalue weighted by molar-refractivity contribution is 6.13. The summed E-state index contributed by atoms with van der Waals surface area (Å²) < 4.78 is 5.20. The van der Waals surface area contributed by atoms with E-state index < -0.39 is 0 Å². The van der Waals surface area contributed by atoms with Gasteiger partial charge in [0.1, 0.15) is 11.5 Å². The zero-order valence-electron chi connectivity index (χ0n) is 8.06. The second kappa shape index (κ2) is 3.73. The molecule has 1 aromatic heterocycles. The lowest BCUT2D eigenvalue weighted by atomic mass is 9.86. The maximum absolute atomic E-state index is 11.5. The standard InChI is InChI=1S/C11H11NO3/c12-6-8-9(13)4-7(5-10(8)14)11-2-1-3-15-11/h1-3,6-7,12-13H,4-5H2. The van der Waals surface area contributed by atoms with Crippen molar-refractivity contribution in [2.45, 2.75) is 18.8 Å². The van der Waals surface area contributed by atoms with E-state index >= 15 is 0 Å². The maximum atomic E-state index is 11.5. The minimum atomic E-state index is -0.199. The third-order valence-corrected chi connectivity index (χ3v) is 2.57. The van der Waals surface area contributed by atoms with Gasteiger partial charge < -0.3 is 14.9 Å². The molecule has 1 aromatic rings. The van der Waals surface area contributed by atoms with Gasteiger partial charge in [-0.15, -0.1) is 0 Å². The molecule has 1 aliphatic rings. The lowest BCUT2D eigenvalue weighted by Gasteiger charge is -2.19. The van der Waals surface area contributed by atoms with Gasteiger partial charge in [-0.25, -0.2) is 0 Å². The Hall–Kier alpha value is -1.84. The fourth-order valence-electron chi connectivity index (χ4n) is 1.80. The Morgan fingerprint density at radius 2 is 2.33 bits per heavy atom. The molecule has 0 amide bonds. The lowest BCUT2D eigenvalue weighted by Crippen LogP contribution is -2.18. The molecule has 0 saturated carbocycles. The molecule has 4 nitrogen and oxygen atoms in total. The van der Waals surface area contributed by atoms with E-state index in [-0.39, 0.29) is 23.0 Å². The number of aliphatic hydroxyl groups is 1. The van der Waals surface area contributed by atoms with Crippen molar-refractivity contribution in [3.8, 4) is 0 Å². The molecule has 0 saturated heterocycles. The van der Waals surface area contributed by atoms with Gasteiger partial charge in [-0.3, -0.25) is 4.79 Å². The van der Waals surface area contributed by atoms with Crippen molar-refractivity contribution in [3.63, 3.8) is 0 Å². The number of carbonyl (C=O) groups is 1. The van der Waals surface area contributed by atoms with Crippen molar-refractivity contribution in [2.75, 3.05) is 0 Å². The Labute approximate surface area is 86.7 Å². The predicted molar refractivity (Wildman–Crippen MR) is 54.1 cm³/mol. The lowest BCUT2D eigenvalue weighted by molar-refractivity contribution is -0.116. The Balaban J connectivity index is 2.27. The number of ketones is 1. The number of hydrogen-bond acceptors (Lipinski definition) is 4. The SMILES string of the molecule is N=CC1=C(O)CC(c2ccco2)CC1=O. The molecule has 15 heavy (non-hydrogen) atoms. The van der Waals surface area contributed by atoms with E-state index in [0.717, 1.165) is 6.21 Å². The van der Waals surface area contributed by atoms with Crippen LogP contribution in [-0.4, -0.2) is 17.1 Å². The third kappa shape index (κ3) is 1.70. The van der Waals surface area contributed by atoms with E-state index in [0.29, 0.717) is 18.6 Å². The first-order valence-electron chi connectivity index (χ1n) is 4.71. The zero-order valence-corrected chi connectivity index (χ0v) is 8.06. The van der Waals surface area contributed by atoms with Gasteiger partial charge in [-0.1, -0.05) is 0 Å². The highest BCUT2D eigenvalue weighted by Crippen LogP contribution is 2.32. The molecule has 1 unspecified atom stereocenters. The molecule has 0 fully saturated rings. The normalized spacial score (nSPS) is 21.9. The molecule has 2 rings (SSSR count). The van der Waals surface area contributed by atoms with Crippen LogP contribution in [0.4, 0.5) is 0 Å². The van der Waals surface area contributed by atoms with Crippen molar-refractivity contribution in [1.82, 2.24) is 0 Å². The van der Waals surface area contributed by atoms with Crippen LogP contribution in [0.1, 0.15) is 24.5 Å². The summed E-state index contributed by atoms with van der Waals surface area (Å²) in [7, 11) is 0. The molecule has 0 aliphatic heterocycles. The summed E-state index contributed by atoms with van der Waals surface area (Å²) in [6.07, 6.45) is 3.12. The van der Waals surface area contributed by atoms with Crippen LogP contribution in [0, 0.1) is 5.41 Å². The Morgan fingerprint density at radius 1 is 1.53 bits per heavy atom. The smallest absolute Gasteiger partial charge is 0.168 e. The average Bonchev–Trinajstić information content (AvgIpc) is 2.69. The number of furan rings is 1. The first-order chi connectivity index (χ1) is 7.22. The highest BCUT2D eigenvalue weighted by atomic mass is 16.3. The number of carbonyl (C=O) groups excluding carboxylic acids is 1. The Bertz CT molecular complexity index is 417. The maximum Gasteiger partial charge on any atom is 0.168 e. The van der Waals surface area contributed by atoms with E-state index in [1.165, 1.54) is 0 Å². The molecular formula is C11H11NO3. The van der Waals surface area contributed by atoms with Crippen LogP contribution in [0.25, 0.3) is 0 Å². The Morgan fingerprint density at radius 3 is 2.87 bits per heavy atom. The van der Waals surface area contributed by atoms with Crippen LogP contribution in [-0.2, 0) is 4.79 Å². The van der Waals surface area contributed by atoms with Crippen LogP contribution in [0.2, 0.25) is 0 Å². The molecule has 78 valence electrons. The number of rotatable bonds is 2. The van der Waals surface area contributed by atoms with Gasteiger partial charge in [0.15, 0.2) is 5.78 Å². The number of Topliss-reactive ketones (excluding diaryl/α,β-unsaturated/α-hetero) is 1. The van der Waals surface area contributed by atoms with Crippen LogP contribution in [0.15, 0.2) is 34.1 Å². The van der Waals surface area contributed by atoms with Crippen molar-refractivity contribution in [1.29, 1.82) is 5.41 Å². The highest BCUT2D eigenvalue weighted by Gasteiger charge is 2.28. The van der Waals surface area contributed by atoms with Gasteiger partial charge in [0.05, 0.1) is 11.8 Å². The first-order valence-corrected chi connectivity index (χ1v) is 4.71. The summed E-state index contributed by atoms with van der Waals surface area (Å²) in [5.74, 6) is 0.396. The van der Waals surface area contributed by atoms with E-state index in [4.69, 9.17) is 9.83 Å². The number of nitrogens with one attached hydrogen (secondary N) is 1. The molecule has 0 bridgehead atoms. The average molecular weight is 205 g/mol. The van der Waals surface area contributed by atoms with Gasteiger partial charge >= 0.3 is 0 Å². The minimum absolute atomic E-state index is 0.0114. The van der Waals surface area contributed by atoms with Crippen molar-refractivity contribution >= 4 is 12.0 Å². The van der Waals surface area contributed by atoms with Gasteiger partial charge in [-0.2, -0.15) is 0 Å². The van der Waals surface area contributed by atoms with Gasteiger partial charge in [0.25, 0.3) is 0 Å². The molecule has 0 spiro atoms. The topological polar surface area (TPSA) is 74.3 Å². The molecular weight excluding hydrogens is 194 g/mol. The van der Waals surface area contributed by atoms with Crippen molar-refractivity contribution < 1.29 is 14.3 Å². The number of allylic oxidation sites excluding steroid dienone is 2. The second-order valence-corrected chi connectivity index (χ2v) is 3.55. The van der Waals surface area contributed by atoms with Gasteiger partial charge in [-0.05, 0) is 12.1 Å². The van der Waals surface area contributed by atoms with Crippen LogP contribution in [0.5, 0.6) is 0 Å². The van der Waals surface area contributed by atoms with Crippen LogP contribution in [0.3, 0.4) is 0 Å². The first kappa shape index (κ1) is 9.71. The van der Waals surface area contributed by atoms with E-state index in [1.54, 1.807) is 18.4 Å². The fraction of sp³-hybridized carbons (Fsp3) is 0.273. The van der Waals surface area contributed by atoms with Crippen molar-refractivity contribution in [2.24, 2.45) is 0 Å². The van der Waals surface area contributed by atoms with Crippen LogP contribution < -0.4 is 0 Å². The quantitative estimate of drug-likeness (QED) is 0.726. The number of aliphatic hydroxyl groups excluding tert-OH is 1. The molecule has 1 atom stereocenters. The largest absolute Gasteiger partial charge is 0.511 e. The summed E-state index contributed by atoms with van der Waals surface area (Å²) >= 11 is 0. The number of hydrogen-bond donors (Lipinski definition) is 2. The monoisotopic (exact) mass is 205 g/mol. The summed E-state index contributed by atoms with van der Waals surface area (Å²) in [5.41, 5.74) is 0.123. The molecule has 1 aliphatic carbocycles. The van der Waals surface area contributed by atoms with Crippen molar-refractivity contribution in [3.05, 3.63) is 35.5 Å². The molecule has 1 heterocycles. The van der Waals surface area contributed by atoms with Gasteiger partial charge in [0, 0.05) is 25.0 Å². The summed E-state index contributed by atoms with van der Waals surface area (Å²) in [6, 6.07) is 3.55. The fourth-order valence-corrected chi connectivity index (χ4v) is 1.80. The molecule has 0 aromatic carbocycles.